The summed E-state index contributed by atoms with van der Waals surface area (Å²) < 4.78 is 3.20. The second kappa shape index (κ2) is 9.38. The van der Waals surface area contributed by atoms with Gasteiger partial charge in [-0.1, -0.05) is 49.9 Å². The molecule has 5 rings (SSSR count). The van der Waals surface area contributed by atoms with Gasteiger partial charge in [-0.15, -0.1) is 11.3 Å². The van der Waals surface area contributed by atoms with Crippen molar-refractivity contribution >= 4 is 45.0 Å². The largest absolute Gasteiger partial charge is 0.351 e. The third-order valence-corrected chi connectivity index (χ3v) is 8.95. The predicted molar refractivity (Wildman–Crippen MR) is 139 cm³/mol. The Bertz CT molecular complexity index is 1210. The molecular formula is C27H32ClN3O2S. The third-order valence-electron chi connectivity index (χ3n) is 7.48. The highest BCUT2D eigenvalue weighted by Crippen LogP contribution is 2.36. The summed E-state index contributed by atoms with van der Waals surface area (Å²) in [4.78, 5) is 30.7. The molecule has 2 aliphatic rings. The Hall–Kier alpha value is -2.31. The number of amides is 2. The van der Waals surface area contributed by atoms with Crippen molar-refractivity contribution in [1.29, 1.82) is 0 Å². The van der Waals surface area contributed by atoms with Gasteiger partial charge in [-0.25, -0.2) is 0 Å². The van der Waals surface area contributed by atoms with Crippen molar-refractivity contribution in [1.82, 2.24) is 14.8 Å². The van der Waals surface area contributed by atoms with Crippen molar-refractivity contribution in [3.63, 3.8) is 0 Å². The fourth-order valence-corrected chi connectivity index (χ4v) is 6.56. The van der Waals surface area contributed by atoms with Crippen molar-refractivity contribution in [2.75, 3.05) is 6.54 Å². The van der Waals surface area contributed by atoms with E-state index in [2.05, 4.69) is 22.9 Å². The molecule has 1 fully saturated rings. The zero-order chi connectivity index (χ0) is 23.9. The SMILES string of the molecule is CCc1cc2c(cc3n2CC(C)(C(=O)NC2CCCCC2)N(CCc2ccc(Cl)cc2)C3=O)s1. The molecule has 1 saturated carbocycles. The molecule has 1 aliphatic heterocycles. The summed E-state index contributed by atoms with van der Waals surface area (Å²) in [7, 11) is 0. The Kier molecular flexibility index (Phi) is 6.47. The first kappa shape index (κ1) is 23.4. The highest BCUT2D eigenvalue weighted by Gasteiger charge is 2.48. The van der Waals surface area contributed by atoms with Crippen LogP contribution in [0.3, 0.4) is 0 Å². The van der Waals surface area contributed by atoms with Gasteiger partial charge >= 0.3 is 0 Å². The van der Waals surface area contributed by atoms with Gasteiger partial charge in [-0.05, 0) is 62.4 Å². The van der Waals surface area contributed by atoms with Crippen LogP contribution in [0.25, 0.3) is 10.2 Å². The number of halogens is 1. The maximum Gasteiger partial charge on any atom is 0.271 e. The lowest BCUT2D eigenvalue weighted by molar-refractivity contribution is -0.133. The van der Waals surface area contributed by atoms with Gasteiger partial charge in [0.15, 0.2) is 0 Å². The van der Waals surface area contributed by atoms with E-state index in [4.69, 9.17) is 11.6 Å². The molecule has 180 valence electrons. The smallest absolute Gasteiger partial charge is 0.271 e. The predicted octanol–water partition coefficient (Wildman–Crippen LogP) is 5.82. The molecule has 1 N–H and O–H groups in total. The van der Waals surface area contributed by atoms with E-state index in [1.807, 2.05) is 37.3 Å². The van der Waals surface area contributed by atoms with E-state index in [1.165, 1.54) is 11.3 Å². The molecule has 3 heterocycles. The third kappa shape index (κ3) is 4.27. The summed E-state index contributed by atoms with van der Waals surface area (Å²) in [5, 5.41) is 4.01. The van der Waals surface area contributed by atoms with E-state index >= 15 is 0 Å². The van der Waals surface area contributed by atoms with Crippen LogP contribution in [0, 0.1) is 0 Å². The van der Waals surface area contributed by atoms with Gasteiger partial charge in [-0.2, -0.15) is 0 Å². The van der Waals surface area contributed by atoms with Gasteiger partial charge in [0, 0.05) is 22.5 Å². The number of carbonyl (C=O) groups excluding carboxylic acids is 2. The maximum absolute atomic E-state index is 13.8. The highest BCUT2D eigenvalue weighted by molar-refractivity contribution is 7.19. The van der Waals surface area contributed by atoms with Crippen molar-refractivity contribution < 1.29 is 9.59 Å². The lowest BCUT2D eigenvalue weighted by atomic mass is 9.91. The molecule has 1 atom stereocenters. The zero-order valence-electron chi connectivity index (χ0n) is 19.9. The minimum absolute atomic E-state index is 0.0395. The van der Waals surface area contributed by atoms with E-state index in [0.717, 1.165) is 47.9 Å². The fraction of sp³-hybridized carbons (Fsp3) is 0.481. The Labute approximate surface area is 210 Å². The van der Waals surface area contributed by atoms with Crippen LogP contribution in [0.1, 0.15) is 66.9 Å². The lowest BCUT2D eigenvalue weighted by Gasteiger charge is -2.45. The molecule has 2 amide bonds. The first-order valence-electron chi connectivity index (χ1n) is 12.4. The molecule has 0 saturated heterocycles. The molecule has 0 spiro atoms. The molecular weight excluding hydrogens is 466 g/mol. The monoisotopic (exact) mass is 497 g/mol. The van der Waals surface area contributed by atoms with Gasteiger partial charge < -0.3 is 14.8 Å². The van der Waals surface area contributed by atoms with Crippen molar-refractivity contribution in [2.24, 2.45) is 0 Å². The van der Waals surface area contributed by atoms with Crippen LogP contribution in [0.2, 0.25) is 5.02 Å². The summed E-state index contributed by atoms with van der Waals surface area (Å²) in [5.41, 5.74) is 1.90. The minimum Gasteiger partial charge on any atom is -0.351 e. The van der Waals surface area contributed by atoms with Crippen LogP contribution in [0.15, 0.2) is 36.4 Å². The number of benzene rings is 1. The number of rotatable bonds is 6. The van der Waals surface area contributed by atoms with E-state index in [9.17, 15) is 9.59 Å². The van der Waals surface area contributed by atoms with Crippen LogP contribution < -0.4 is 5.32 Å². The van der Waals surface area contributed by atoms with E-state index < -0.39 is 5.54 Å². The first-order chi connectivity index (χ1) is 16.4. The van der Waals surface area contributed by atoms with E-state index in [1.54, 1.807) is 16.2 Å². The van der Waals surface area contributed by atoms with Crippen LogP contribution in [0.5, 0.6) is 0 Å². The number of nitrogens with zero attached hydrogens (tertiary/aromatic N) is 2. The van der Waals surface area contributed by atoms with Gasteiger partial charge in [0.2, 0.25) is 5.91 Å². The number of carbonyl (C=O) groups is 2. The number of aromatic nitrogens is 1. The Morgan fingerprint density at radius 2 is 1.91 bits per heavy atom. The van der Waals surface area contributed by atoms with Crippen molar-refractivity contribution in [2.45, 2.75) is 76.9 Å². The standard InChI is InChI=1S/C27H32ClN3O2S/c1-3-21-15-22-24(34-21)16-23-25(32)31(14-13-18-9-11-19(28)12-10-18)27(2,17-30(22)23)26(33)29-20-7-5-4-6-8-20/h9-12,15-16,20H,3-8,13-14,17H2,1-2H3,(H,29,33). The van der Waals surface area contributed by atoms with Crippen molar-refractivity contribution in [3.8, 4) is 0 Å². The number of aryl methyl sites for hydroxylation is 1. The van der Waals surface area contributed by atoms with Crippen LogP contribution in [-0.4, -0.2) is 39.4 Å². The quantitative estimate of drug-likeness (QED) is 0.466. The highest BCUT2D eigenvalue weighted by atomic mass is 35.5. The van der Waals surface area contributed by atoms with Gasteiger partial charge in [0.05, 0.1) is 16.8 Å². The summed E-state index contributed by atoms with van der Waals surface area (Å²) >= 11 is 7.79. The Morgan fingerprint density at radius 3 is 2.62 bits per heavy atom. The molecule has 34 heavy (non-hydrogen) atoms. The first-order valence-corrected chi connectivity index (χ1v) is 13.6. The maximum atomic E-state index is 13.8. The number of thiophene rings is 1. The fourth-order valence-electron chi connectivity index (χ4n) is 5.39. The molecule has 1 aliphatic carbocycles. The lowest BCUT2D eigenvalue weighted by Crippen LogP contribution is -2.65. The molecule has 5 nitrogen and oxygen atoms in total. The minimum atomic E-state index is -0.950. The normalized spacial score (nSPS) is 21.1. The van der Waals surface area contributed by atoms with Crippen LogP contribution >= 0.6 is 22.9 Å². The number of nitrogens with one attached hydrogen (secondary N) is 1. The number of fused-ring (bicyclic) bond motifs is 3. The second-order valence-electron chi connectivity index (χ2n) is 9.85. The molecule has 3 aromatic rings. The van der Waals surface area contributed by atoms with Gasteiger partial charge in [-0.3, -0.25) is 9.59 Å². The van der Waals surface area contributed by atoms with Gasteiger partial charge in [0.1, 0.15) is 11.2 Å². The van der Waals surface area contributed by atoms with Crippen LogP contribution in [0.4, 0.5) is 0 Å². The average Bonchev–Trinajstić information content (AvgIpc) is 3.39. The Morgan fingerprint density at radius 1 is 1.18 bits per heavy atom. The number of hydrogen-bond acceptors (Lipinski definition) is 3. The van der Waals surface area contributed by atoms with E-state index in [0.29, 0.717) is 30.2 Å². The molecule has 2 aromatic heterocycles. The molecule has 7 heteroatoms. The van der Waals surface area contributed by atoms with Crippen molar-refractivity contribution in [3.05, 3.63) is 57.6 Å². The molecule has 0 radical (unpaired) electrons. The molecule has 1 unspecified atom stereocenters. The average molecular weight is 498 g/mol. The number of hydrogen-bond donors (Lipinski definition) is 1. The Balaban J connectivity index is 1.48. The van der Waals surface area contributed by atoms with E-state index in [-0.39, 0.29) is 17.9 Å². The van der Waals surface area contributed by atoms with Crippen LogP contribution in [-0.2, 0) is 24.2 Å². The summed E-state index contributed by atoms with van der Waals surface area (Å²) in [6.45, 7) is 5.03. The van der Waals surface area contributed by atoms with Gasteiger partial charge in [0.25, 0.3) is 5.91 Å². The second-order valence-corrected chi connectivity index (χ2v) is 11.5. The topological polar surface area (TPSA) is 54.3 Å². The molecule has 1 aromatic carbocycles. The summed E-state index contributed by atoms with van der Waals surface area (Å²) in [6.07, 6.45) is 7.21. The molecule has 0 bridgehead atoms. The summed E-state index contributed by atoms with van der Waals surface area (Å²) in [6, 6.07) is 12.1. The summed E-state index contributed by atoms with van der Waals surface area (Å²) in [5.74, 6) is -0.106. The zero-order valence-corrected chi connectivity index (χ0v) is 21.5.